The number of hydrogen-bond acceptors (Lipinski definition) is 5. The van der Waals surface area contributed by atoms with Gasteiger partial charge in [-0.2, -0.15) is 12.6 Å². The molecule has 0 fully saturated rings. The fraction of sp³-hybridized carbons (Fsp3) is 0.556. The largest absolute Gasteiger partial charge is 0.367 e. The highest BCUT2D eigenvalue weighted by Gasteiger charge is 2.00. The third-order valence-corrected chi connectivity index (χ3v) is 1.70. The Kier molecular flexibility index (Phi) is 8.39. The highest BCUT2D eigenvalue weighted by Crippen LogP contribution is 1.89. The van der Waals surface area contributed by atoms with Gasteiger partial charge in [-0.3, -0.25) is 10.1 Å². The van der Waals surface area contributed by atoms with E-state index in [1.54, 1.807) is 0 Å². The lowest BCUT2D eigenvalue weighted by Gasteiger charge is -2.09. The van der Waals surface area contributed by atoms with E-state index in [-0.39, 0.29) is 0 Å². The van der Waals surface area contributed by atoms with Gasteiger partial charge < -0.3 is 10.6 Å². The zero-order valence-electron chi connectivity index (χ0n) is 8.40. The molecule has 5 nitrogen and oxygen atoms in total. The predicted octanol–water partition coefficient (Wildman–Crippen LogP) is 0.584. The smallest absolute Gasteiger partial charge is 0.274 e. The van der Waals surface area contributed by atoms with Gasteiger partial charge in [0.1, 0.15) is 0 Å². The Morgan fingerprint density at radius 1 is 1.53 bits per heavy atom. The van der Waals surface area contributed by atoms with Crippen LogP contribution >= 0.6 is 12.6 Å². The van der Waals surface area contributed by atoms with Gasteiger partial charge in [0, 0.05) is 25.3 Å². The van der Waals surface area contributed by atoms with Gasteiger partial charge in [0.2, 0.25) is 0 Å². The van der Waals surface area contributed by atoms with Crippen molar-refractivity contribution in [2.45, 2.75) is 12.8 Å². The summed E-state index contributed by atoms with van der Waals surface area (Å²) in [6.07, 6.45) is 7.43. The highest BCUT2D eigenvalue weighted by atomic mass is 32.1. The minimum absolute atomic E-state index is 0.395. The van der Waals surface area contributed by atoms with Crippen molar-refractivity contribution in [2.75, 3.05) is 18.8 Å². The molecule has 15 heavy (non-hydrogen) atoms. The van der Waals surface area contributed by atoms with E-state index in [4.69, 9.17) is 6.42 Å². The summed E-state index contributed by atoms with van der Waals surface area (Å²) in [6.45, 7) is 1.19. The van der Waals surface area contributed by atoms with Gasteiger partial charge in [0.05, 0.1) is 4.92 Å². The predicted molar refractivity (Wildman–Crippen MR) is 63.0 cm³/mol. The Morgan fingerprint density at radius 2 is 2.20 bits per heavy atom. The Morgan fingerprint density at radius 3 is 2.73 bits per heavy atom. The first-order valence-corrected chi connectivity index (χ1v) is 5.21. The summed E-state index contributed by atoms with van der Waals surface area (Å²) in [7, 11) is 0. The van der Waals surface area contributed by atoms with Gasteiger partial charge >= 0.3 is 0 Å². The number of unbranched alkanes of at least 4 members (excludes halogenated alkanes) is 1. The molecule has 0 aliphatic rings. The molecule has 0 saturated carbocycles. The van der Waals surface area contributed by atoms with Crippen LogP contribution in [0, 0.1) is 22.5 Å². The Hall–Kier alpha value is -1.35. The maximum absolute atomic E-state index is 10.3. The summed E-state index contributed by atoms with van der Waals surface area (Å²) >= 11 is 4.00. The van der Waals surface area contributed by atoms with E-state index in [0.717, 1.165) is 12.6 Å². The van der Waals surface area contributed by atoms with Crippen LogP contribution in [0.4, 0.5) is 0 Å². The number of thiol groups is 1. The topological polar surface area (TPSA) is 67.2 Å². The van der Waals surface area contributed by atoms with Crippen LogP contribution < -0.4 is 10.6 Å². The zero-order chi connectivity index (χ0) is 11.5. The van der Waals surface area contributed by atoms with Crippen molar-refractivity contribution in [3.63, 3.8) is 0 Å². The summed E-state index contributed by atoms with van der Waals surface area (Å²) in [5.41, 5.74) is 0. The van der Waals surface area contributed by atoms with E-state index in [9.17, 15) is 10.1 Å². The van der Waals surface area contributed by atoms with Crippen LogP contribution in [0.1, 0.15) is 12.8 Å². The minimum Gasteiger partial charge on any atom is -0.367 e. The molecule has 0 amide bonds. The first-order chi connectivity index (χ1) is 7.20. The fourth-order valence-corrected chi connectivity index (χ4v) is 0.975. The minimum atomic E-state index is -0.505. The Balaban J connectivity index is 3.91. The zero-order valence-corrected chi connectivity index (χ0v) is 9.30. The van der Waals surface area contributed by atoms with Crippen molar-refractivity contribution in [3.05, 3.63) is 22.1 Å². The van der Waals surface area contributed by atoms with E-state index in [1.807, 2.05) is 0 Å². The summed E-state index contributed by atoms with van der Waals surface area (Å²) in [5.74, 6) is 3.51. The molecule has 0 bridgehead atoms. The molecule has 2 N–H and O–H groups in total. The van der Waals surface area contributed by atoms with Crippen LogP contribution in [0.25, 0.3) is 0 Å². The van der Waals surface area contributed by atoms with Gasteiger partial charge in [-0.25, -0.2) is 0 Å². The van der Waals surface area contributed by atoms with Crippen molar-refractivity contribution < 1.29 is 4.92 Å². The van der Waals surface area contributed by atoms with Crippen LogP contribution in [0.3, 0.4) is 0 Å². The average Bonchev–Trinajstić information content (AvgIpc) is 2.19. The maximum Gasteiger partial charge on any atom is 0.274 e. The van der Waals surface area contributed by atoms with Crippen molar-refractivity contribution in [1.29, 1.82) is 0 Å². The molecule has 0 saturated heterocycles. The van der Waals surface area contributed by atoms with Gasteiger partial charge in [0.25, 0.3) is 6.20 Å². The molecule has 0 heterocycles. The molecule has 0 aromatic rings. The Labute approximate surface area is 94.9 Å². The lowest BCUT2D eigenvalue weighted by molar-refractivity contribution is -0.404. The van der Waals surface area contributed by atoms with Gasteiger partial charge in [-0.05, 0) is 6.42 Å². The lowest BCUT2D eigenvalue weighted by Crippen LogP contribution is -2.29. The molecule has 0 unspecified atom stereocenters. The Bertz CT molecular complexity index is 261. The second-order valence-corrected chi connectivity index (χ2v) is 3.16. The van der Waals surface area contributed by atoms with Crippen LogP contribution in [0.2, 0.25) is 0 Å². The average molecular weight is 229 g/mol. The molecule has 6 heteroatoms. The lowest BCUT2D eigenvalue weighted by atomic mass is 10.3. The number of terminal acetylenes is 1. The van der Waals surface area contributed by atoms with E-state index in [1.165, 1.54) is 0 Å². The molecule has 84 valence electrons. The summed E-state index contributed by atoms with van der Waals surface area (Å²) in [5, 5.41) is 16.0. The van der Waals surface area contributed by atoms with Crippen LogP contribution in [-0.2, 0) is 0 Å². The maximum atomic E-state index is 10.3. The molecule has 0 radical (unpaired) electrons. The second-order valence-electron chi connectivity index (χ2n) is 2.71. The molecule has 0 aromatic carbocycles. The van der Waals surface area contributed by atoms with E-state index < -0.39 is 4.92 Å². The molecule has 0 aromatic heterocycles. The van der Waals surface area contributed by atoms with Crippen molar-refractivity contribution >= 4 is 12.6 Å². The second kappa shape index (κ2) is 9.21. The standard InChI is InChI=1S/C9H15N3O2S/c1-2-3-4-5-10-9(8-12(13)14)11-6-7-15/h1,8,10-11,15H,3-7H2/b9-8-. The van der Waals surface area contributed by atoms with Gasteiger partial charge in [0.15, 0.2) is 5.82 Å². The van der Waals surface area contributed by atoms with E-state index in [0.29, 0.717) is 31.1 Å². The molecule has 0 spiro atoms. The quantitative estimate of drug-likeness (QED) is 0.187. The first kappa shape index (κ1) is 13.7. The summed E-state index contributed by atoms with van der Waals surface area (Å²) < 4.78 is 0. The SMILES string of the molecule is C#CCCCN/C(=C/[N+](=O)[O-])NCCS. The third kappa shape index (κ3) is 8.97. The number of nitrogens with one attached hydrogen (secondary N) is 2. The van der Waals surface area contributed by atoms with E-state index in [2.05, 4.69) is 29.2 Å². The summed E-state index contributed by atoms with van der Waals surface area (Å²) in [6, 6.07) is 0. The van der Waals surface area contributed by atoms with Gasteiger partial charge in [-0.15, -0.1) is 12.3 Å². The van der Waals surface area contributed by atoms with E-state index >= 15 is 0 Å². The normalized spacial score (nSPS) is 10.5. The monoisotopic (exact) mass is 229 g/mol. The van der Waals surface area contributed by atoms with Crippen molar-refractivity contribution in [3.8, 4) is 12.3 Å². The molecular weight excluding hydrogens is 214 g/mol. The number of nitro groups is 1. The van der Waals surface area contributed by atoms with Crippen molar-refractivity contribution in [1.82, 2.24) is 10.6 Å². The first-order valence-electron chi connectivity index (χ1n) is 4.58. The van der Waals surface area contributed by atoms with Crippen LogP contribution in [-0.4, -0.2) is 23.8 Å². The molecule has 0 atom stereocenters. The molecule has 0 aliphatic carbocycles. The number of rotatable bonds is 8. The molecule has 0 aliphatic heterocycles. The highest BCUT2D eigenvalue weighted by molar-refractivity contribution is 7.80. The fourth-order valence-electron chi connectivity index (χ4n) is 0.863. The van der Waals surface area contributed by atoms with Crippen LogP contribution in [0.15, 0.2) is 12.0 Å². The number of nitrogens with zero attached hydrogens (tertiary/aromatic N) is 1. The molecule has 0 rings (SSSR count). The third-order valence-electron chi connectivity index (χ3n) is 1.48. The van der Waals surface area contributed by atoms with Crippen molar-refractivity contribution in [2.24, 2.45) is 0 Å². The van der Waals surface area contributed by atoms with Gasteiger partial charge in [-0.1, -0.05) is 0 Å². The number of hydrogen-bond donors (Lipinski definition) is 3. The van der Waals surface area contributed by atoms with Crippen LogP contribution in [0.5, 0.6) is 0 Å². The summed E-state index contributed by atoms with van der Waals surface area (Å²) in [4.78, 5) is 9.75. The molecular formula is C9H15N3O2S.